The van der Waals surface area contributed by atoms with Crippen molar-refractivity contribution >= 4 is 34.8 Å². The summed E-state index contributed by atoms with van der Waals surface area (Å²) in [7, 11) is 0. The molecule has 2 aromatic carbocycles. The van der Waals surface area contributed by atoms with Gasteiger partial charge in [-0.3, -0.25) is 0 Å². The first-order chi connectivity index (χ1) is 17.4. The van der Waals surface area contributed by atoms with Gasteiger partial charge >= 0.3 is 12.0 Å². The van der Waals surface area contributed by atoms with Gasteiger partial charge in [-0.25, -0.2) is 14.6 Å². The second kappa shape index (κ2) is 11.4. The Kier molecular flexibility index (Phi) is 8.04. The zero-order valence-electron chi connectivity index (χ0n) is 20.8. The predicted molar refractivity (Wildman–Crippen MR) is 138 cm³/mol. The van der Waals surface area contributed by atoms with Gasteiger partial charge in [0, 0.05) is 17.0 Å². The molecule has 10 heteroatoms. The lowest BCUT2D eigenvalue weighted by molar-refractivity contribution is -0.139. The maximum atomic E-state index is 13.2. The number of amides is 2. The number of benzene rings is 2. The number of esters is 1. The number of nitrogens with zero attached hydrogens (tertiary/aromatic N) is 1. The van der Waals surface area contributed by atoms with Crippen LogP contribution in [0.5, 0.6) is 11.5 Å². The average molecular weight is 511 g/mol. The summed E-state index contributed by atoms with van der Waals surface area (Å²) in [5.41, 5.74) is 4.28. The Balaban J connectivity index is 1.73. The van der Waals surface area contributed by atoms with Gasteiger partial charge in [0.25, 0.3) is 0 Å². The molecule has 1 aliphatic rings. The first kappa shape index (κ1) is 25.4. The van der Waals surface area contributed by atoms with Crippen LogP contribution in [0.25, 0.3) is 11.0 Å². The zero-order chi connectivity index (χ0) is 25.7. The summed E-state index contributed by atoms with van der Waals surface area (Å²) in [5.74, 6) is 0.941. The van der Waals surface area contributed by atoms with Crippen LogP contribution < -0.4 is 20.1 Å². The van der Waals surface area contributed by atoms with Crippen LogP contribution in [-0.4, -0.2) is 47.5 Å². The molecule has 3 aromatic rings. The number of aromatic amines is 1. The number of carbonyl (C=O) groups is 2. The van der Waals surface area contributed by atoms with Gasteiger partial charge in [0.1, 0.15) is 11.5 Å². The highest BCUT2D eigenvalue weighted by molar-refractivity contribution is 7.99. The van der Waals surface area contributed by atoms with E-state index in [0.717, 1.165) is 16.6 Å². The van der Waals surface area contributed by atoms with E-state index in [0.29, 0.717) is 52.5 Å². The van der Waals surface area contributed by atoms with Crippen LogP contribution in [0.2, 0.25) is 0 Å². The lowest BCUT2D eigenvalue weighted by Crippen LogP contribution is -2.46. The highest BCUT2D eigenvalue weighted by Crippen LogP contribution is 2.37. The van der Waals surface area contributed by atoms with Crippen LogP contribution >= 0.6 is 11.8 Å². The molecule has 36 heavy (non-hydrogen) atoms. The largest absolute Gasteiger partial charge is 0.494 e. The van der Waals surface area contributed by atoms with E-state index >= 15 is 0 Å². The zero-order valence-corrected chi connectivity index (χ0v) is 21.6. The van der Waals surface area contributed by atoms with E-state index < -0.39 is 18.0 Å². The summed E-state index contributed by atoms with van der Waals surface area (Å²) >= 11 is 1.39. The number of carbonyl (C=O) groups excluding carboxylic acids is 2. The van der Waals surface area contributed by atoms with E-state index in [9.17, 15) is 9.59 Å². The number of aryl methyl sites for hydroxylation is 1. The minimum Gasteiger partial charge on any atom is -0.494 e. The molecular weight excluding hydrogens is 480 g/mol. The van der Waals surface area contributed by atoms with E-state index in [1.807, 2.05) is 39.0 Å². The van der Waals surface area contributed by atoms with Crippen LogP contribution in [0.15, 0.2) is 52.8 Å². The van der Waals surface area contributed by atoms with Crippen molar-refractivity contribution in [2.24, 2.45) is 0 Å². The smallest absolute Gasteiger partial charge is 0.338 e. The lowest BCUT2D eigenvalue weighted by Gasteiger charge is -2.30. The van der Waals surface area contributed by atoms with E-state index in [4.69, 9.17) is 14.2 Å². The van der Waals surface area contributed by atoms with Crippen molar-refractivity contribution in [3.05, 3.63) is 58.8 Å². The van der Waals surface area contributed by atoms with Crippen molar-refractivity contribution in [3.8, 4) is 11.5 Å². The van der Waals surface area contributed by atoms with Crippen molar-refractivity contribution in [2.45, 2.75) is 38.9 Å². The Morgan fingerprint density at radius 3 is 2.61 bits per heavy atom. The number of imidazole rings is 1. The maximum Gasteiger partial charge on any atom is 0.338 e. The van der Waals surface area contributed by atoms with Gasteiger partial charge in [-0.15, -0.1) is 0 Å². The number of urea groups is 1. The number of fused-ring (bicyclic) bond motifs is 1. The molecule has 9 nitrogen and oxygen atoms in total. The fourth-order valence-corrected chi connectivity index (χ4v) is 4.87. The summed E-state index contributed by atoms with van der Waals surface area (Å²) in [6.07, 6.45) is 0. The molecule has 0 spiro atoms. The topological polar surface area (TPSA) is 115 Å². The van der Waals surface area contributed by atoms with E-state index in [2.05, 4.69) is 20.6 Å². The van der Waals surface area contributed by atoms with Crippen molar-refractivity contribution in [1.29, 1.82) is 0 Å². The molecule has 0 bridgehead atoms. The molecule has 1 aliphatic heterocycles. The van der Waals surface area contributed by atoms with Crippen molar-refractivity contribution in [2.75, 3.05) is 25.6 Å². The Morgan fingerprint density at radius 1 is 1.06 bits per heavy atom. The Hall–Kier alpha value is -3.66. The fraction of sp³-hybridized carbons (Fsp3) is 0.346. The maximum absolute atomic E-state index is 13.2. The molecule has 0 saturated carbocycles. The van der Waals surface area contributed by atoms with Gasteiger partial charge in [0.2, 0.25) is 0 Å². The minimum absolute atomic E-state index is 0.198. The van der Waals surface area contributed by atoms with E-state index in [1.165, 1.54) is 11.8 Å². The monoisotopic (exact) mass is 510 g/mol. The average Bonchev–Trinajstić information content (AvgIpc) is 3.25. The van der Waals surface area contributed by atoms with Gasteiger partial charge in [-0.05, 0) is 63.6 Å². The van der Waals surface area contributed by atoms with E-state index in [1.54, 1.807) is 25.1 Å². The molecule has 1 unspecified atom stereocenters. The second-order valence-corrected chi connectivity index (χ2v) is 9.03. The second-order valence-electron chi connectivity index (χ2n) is 8.06. The molecule has 0 radical (unpaired) electrons. The molecule has 1 atom stereocenters. The SMILES string of the molecule is CCOC(=O)C1=C(CSc2nc3ccc(C)cc3[nH]2)NC(=O)NC1c1cc(OCC)ccc1OCC. The normalized spacial score (nSPS) is 15.4. The summed E-state index contributed by atoms with van der Waals surface area (Å²) < 4.78 is 16.9. The van der Waals surface area contributed by atoms with Crippen molar-refractivity contribution in [1.82, 2.24) is 20.6 Å². The molecule has 0 aliphatic carbocycles. The van der Waals surface area contributed by atoms with Gasteiger partial charge in [0.05, 0.1) is 42.5 Å². The molecule has 2 heterocycles. The lowest BCUT2D eigenvalue weighted by atomic mass is 9.94. The van der Waals surface area contributed by atoms with E-state index in [-0.39, 0.29) is 6.61 Å². The summed E-state index contributed by atoms with van der Waals surface area (Å²) in [4.78, 5) is 33.8. The predicted octanol–water partition coefficient (Wildman–Crippen LogP) is 4.63. The molecule has 2 amide bonds. The third-order valence-electron chi connectivity index (χ3n) is 5.52. The van der Waals surface area contributed by atoms with Crippen molar-refractivity contribution < 1.29 is 23.8 Å². The number of hydrogen-bond donors (Lipinski definition) is 3. The Labute approximate surface area is 214 Å². The molecule has 4 rings (SSSR count). The Bertz CT molecular complexity index is 1300. The number of thioether (sulfide) groups is 1. The minimum atomic E-state index is -0.784. The van der Waals surface area contributed by atoms with Gasteiger partial charge in [0.15, 0.2) is 5.16 Å². The summed E-state index contributed by atoms with van der Waals surface area (Å²) in [6, 6.07) is 10.2. The number of H-pyrrole nitrogens is 1. The van der Waals surface area contributed by atoms with Crippen LogP contribution in [0.3, 0.4) is 0 Å². The Morgan fingerprint density at radius 2 is 1.86 bits per heavy atom. The third kappa shape index (κ3) is 5.59. The van der Waals surface area contributed by atoms with Crippen molar-refractivity contribution in [3.63, 3.8) is 0 Å². The molecule has 190 valence electrons. The summed E-state index contributed by atoms with van der Waals surface area (Å²) in [6.45, 7) is 8.63. The first-order valence-electron chi connectivity index (χ1n) is 11.9. The van der Waals surface area contributed by atoms with Crippen LogP contribution in [-0.2, 0) is 9.53 Å². The standard InChI is InChI=1S/C26H30N4O5S/c1-5-33-16-9-11-21(34-6-2)17(13-16)23-22(24(31)35-7-3)20(27-25(32)30-23)14-36-26-28-18-10-8-15(4)12-19(18)29-26/h8-13,23H,5-7,14H2,1-4H3,(H,28,29)(H2,27,30,32). The van der Waals surface area contributed by atoms with Gasteiger partial charge < -0.3 is 29.8 Å². The number of ether oxygens (including phenoxy) is 3. The van der Waals surface area contributed by atoms with Gasteiger partial charge in [-0.2, -0.15) is 0 Å². The van der Waals surface area contributed by atoms with Crippen LogP contribution in [0, 0.1) is 6.92 Å². The third-order valence-corrected chi connectivity index (χ3v) is 6.42. The highest BCUT2D eigenvalue weighted by Gasteiger charge is 2.35. The molecule has 0 fully saturated rings. The molecule has 1 aromatic heterocycles. The number of aromatic nitrogens is 2. The summed E-state index contributed by atoms with van der Waals surface area (Å²) in [5, 5.41) is 6.36. The number of nitrogens with one attached hydrogen (secondary N) is 3. The quantitative estimate of drug-likeness (QED) is 0.269. The van der Waals surface area contributed by atoms with Gasteiger partial charge in [-0.1, -0.05) is 17.8 Å². The number of hydrogen-bond acceptors (Lipinski definition) is 7. The molecule has 0 saturated heterocycles. The van der Waals surface area contributed by atoms with Crippen LogP contribution in [0.1, 0.15) is 37.9 Å². The first-order valence-corrected chi connectivity index (χ1v) is 12.9. The molecule has 3 N–H and O–H groups in total. The highest BCUT2D eigenvalue weighted by atomic mass is 32.2. The number of rotatable bonds is 10. The fourth-order valence-electron chi connectivity index (χ4n) is 4.02. The molecular formula is C26H30N4O5S. The van der Waals surface area contributed by atoms with Crippen LogP contribution in [0.4, 0.5) is 4.79 Å².